The Balaban J connectivity index is 1.64. The van der Waals surface area contributed by atoms with E-state index in [1.165, 1.54) is 12.1 Å². The SMILES string of the molecule is COCC[C@H]1CCCCN1C(=O)c1cc(COc2c(F)cccc2F)on1. The van der Waals surface area contributed by atoms with Crippen LogP contribution in [0.15, 0.2) is 28.8 Å². The fourth-order valence-corrected chi connectivity index (χ4v) is 3.21. The smallest absolute Gasteiger partial charge is 0.276 e. The van der Waals surface area contributed by atoms with Crippen molar-refractivity contribution in [2.45, 2.75) is 38.3 Å². The van der Waals surface area contributed by atoms with Gasteiger partial charge in [0.1, 0.15) is 6.61 Å². The minimum absolute atomic E-state index is 0.107. The molecule has 0 radical (unpaired) electrons. The molecule has 27 heavy (non-hydrogen) atoms. The topological polar surface area (TPSA) is 64.8 Å². The van der Waals surface area contributed by atoms with E-state index in [0.717, 1.165) is 37.8 Å². The molecule has 1 saturated heterocycles. The summed E-state index contributed by atoms with van der Waals surface area (Å²) in [7, 11) is 1.64. The molecule has 146 valence electrons. The van der Waals surface area contributed by atoms with Crippen LogP contribution in [-0.4, -0.2) is 42.3 Å². The number of amides is 1. The van der Waals surface area contributed by atoms with Crippen LogP contribution < -0.4 is 4.74 Å². The first-order valence-electron chi connectivity index (χ1n) is 8.92. The van der Waals surface area contributed by atoms with Gasteiger partial charge in [-0.25, -0.2) is 8.78 Å². The highest BCUT2D eigenvalue weighted by Crippen LogP contribution is 2.24. The maximum Gasteiger partial charge on any atom is 0.276 e. The van der Waals surface area contributed by atoms with Gasteiger partial charge in [0.25, 0.3) is 5.91 Å². The number of likely N-dealkylation sites (tertiary alicyclic amines) is 1. The van der Waals surface area contributed by atoms with Gasteiger partial charge in [-0.15, -0.1) is 0 Å². The third-order valence-electron chi connectivity index (χ3n) is 4.60. The first kappa shape index (κ1) is 19.3. The molecule has 3 rings (SSSR count). The molecule has 1 atom stereocenters. The van der Waals surface area contributed by atoms with Crippen LogP contribution in [0.1, 0.15) is 41.9 Å². The molecule has 0 bridgehead atoms. The number of benzene rings is 1. The Morgan fingerprint density at radius 2 is 2.11 bits per heavy atom. The number of piperidine rings is 1. The highest BCUT2D eigenvalue weighted by atomic mass is 19.1. The molecule has 0 saturated carbocycles. The molecule has 8 heteroatoms. The van der Waals surface area contributed by atoms with Gasteiger partial charge in [-0.2, -0.15) is 0 Å². The van der Waals surface area contributed by atoms with Crippen molar-refractivity contribution in [1.82, 2.24) is 10.1 Å². The van der Waals surface area contributed by atoms with E-state index in [0.29, 0.717) is 13.2 Å². The van der Waals surface area contributed by atoms with Crippen molar-refractivity contribution in [2.75, 3.05) is 20.3 Å². The summed E-state index contributed by atoms with van der Waals surface area (Å²) in [6, 6.07) is 5.01. The maximum absolute atomic E-state index is 13.6. The second kappa shape index (κ2) is 8.94. The van der Waals surface area contributed by atoms with Crippen LogP contribution >= 0.6 is 0 Å². The van der Waals surface area contributed by atoms with Crippen molar-refractivity contribution in [3.63, 3.8) is 0 Å². The lowest BCUT2D eigenvalue weighted by Gasteiger charge is -2.35. The van der Waals surface area contributed by atoms with Gasteiger partial charge in [-0.3, -0.25) is 4.79 Å². The summed E-state index contributed by atoms with van der Waals surface area (Å²) in [5.41, 5.74) is 0.159. The van der Waals surface area contributed by atoms with E-state index in [9.17, 15) is 13.6 Å². The molecule has 0 N–H and O–H groups in total. The van der Waals surface area contributed by atoms with Crippen LogP contribution in [-0.2, 0) is 11.3 Å². The second-order valence-electron chi connectivity index (χ2n) is 6.45. The summed E-state index contributed by atoms with van der Waals surface area (Å²) in [5, 5.41) is 3.80. The van der Waals surface area contributed by atoms with E-state index in [1.54, 1.807) is 12.0 Å². The summed E-state index contributed by atoms with van der Waals surface area (Å²) in [4.78, 5) is 14.6. The number of carbonyl (C=O) groups is 1. The summed E-state index contributed by atoms with van der Waals surface area (Å²) in [5.74, 6) is -2.10. The third-order valence-corrected chi connectivity index (χ3v) is 4.60. The lowest BCUT2D eigenvalue weighted by atomic mass is 9.99. The minimum Gasteiger partial charge on any atom is -0.479 e. The molecular formula is C19H22F2N2O4. The largest absolute Gasteiger partial charge is 0.479 e. The van der Waals surface area contributed by atoms with E-state index in [1.807, 2.05) is 0 Å². The number of aromatic nitrogens is 1. The zero-order valence-corrected chi connectivity index (χ0v) is 15.1. The Kier molecular flexibility index (Phi) is 6.39. The van der Waals surface area contributed by atoms with Gasteiger partial charge in [0.05, 0.1) is 0 Å². The first-order valence-corrected chi connectivity index (χ1v) is 8.92. The minimum atomic E-state index is -0.805. The highest BCUT2D eigenvalue weighted by Gasteiger charge is 2.29. The molecular weight excluding hydrogens is 358 g/mol. The van der Waals surface area contributed by atoms with Crippen LogP contribution in [0.5, 0.6) is 5.75 Å². The second-order valence-corrected chi connectivity index (χ2v) is 6.45. The molecule has 0 aliphatic carbocycles. The van der Waals surface area contributed by atoms with E-state index in [-0.39, 0.29) is 30.0 Å². The van der Waals surface area contributed by atoms with Crippen molar-refractivity contribution >= 4 is 5.91 Å². The van der Waals surface area contributed by atoms with Crippen molar-refractivity contribution in [3.05, 3.63) is 47.4 Å². The molecule has 1 amide bonds. The molecule has 1 fully saturated rings. The predicted octanol–water partition coefficient (Wildman–Crippen LogP) is 3.56. The van der Waals surface area contributed by atoms with Gasteiger partial charge >= 0.3 is 0 Å². The maximum atomic E-state index is 13.6. The molecule has 6 nitrogen and oxygen atoms in total. The summed E-state index contributed by atoms with van der Waals surface area (Å²) in [6.07, 6.45) is 3.71. The lowest BCUT2D eigenvalue weighted by molar-refractivity contribution is 0.0543. The van der Waals surface area contributed by atoms with E-state index in [4.69, 9.17) is 14.0 Å². The molecule has 0 spiro atoms. The van der Waals surface area contributed by atoms with E-state index >= 15 is 0 Å². The number of hydrogen-bond donors (Lipinski definition) is 0. The van der Waals surface area contributed by atoms with Gasteiger partial charge in [0.2, 0.25) is 0 Å². The van der Waals surface area contributed by atoms with Crippen LogP contribution in [0.4, 0.5) is 8.78 Å². The summed E-state index contributed by atoms with van der Waals surface area (Å²) in [6.45, 7) is 1.01. The Bertz CT molecular complexity index is 761. The molecule has 1 aliphatic rings. The van der Waals surface area contributed by atoms with Crippen molar-refractivity contribution in [1.29, 1.82) is 0 Å². The average molecular weight is 380 g/mol. The van der Waals surface area contributed by atoms with Crippen LogP contribution in [0.3, 0.4) is 0 Å². The number of carbonyl (C=O) groups excluding carboxylic acids is 1. The fraction of sp³-hybridized carbons (Fsp3) is 0.474. The summed E-state index contributed by atoms with van der Waals surface area (Å²) < 4.78 is 42.6. The normalized spacial score (nSPS) is 17.1. The Morgan fingerprint density at radius 3 is 2.85 bits per heavy atom. The Morgan fingerprint density at radius 1 is 1.33 bits per heavy atom. The number of halogens is 2. The monoisotopic (exact) mass is 380 g/mol. The number of nitrogens with zero attached hydrogens (tertiary/aromatic N) is 2. The van der Waals surface area contributed by atoms with Crippen LogP contribution in [0, 0.1) is 11.6 Å². The third kappa shape index (κ3) is 4.63. The molecule has 1 aromatic heterocycles. The van der Waals surface area contributed by atoms with E-state index < -0.39 is 17.4 Å². The van der Waals surface area contributed by atoms with Crippen molar-refractivity contribution in [2.24, 2.45) is 0 Å². The van der Waals surface area contributed by atoms with Gasteiger partial charge in [0, 0.05) is 32.4 Å². The number of rotatable bonds is 7. The molecule has 2 heterocycles. The Labute approximate surface area is 156 Å². The number of hydrogen-bond acceptors (Lipinski definition) is 5. The fourth-order valence-electron chi connectivity index (χ4n) is 3.21. The molecule has 1 aliphatic heterocycles. The first-order chi connectivity index (χ1) is 13.1. The predicted molar refractivity (Wildman–Crippen MR) is 92.4 cm³/mol. The average Bonchev–Trinajstić information content (AvgIpc) is 3.14. The number of para-hydroxylation sites is 1. The van der Waals surface area contributed by atoms with Gasteiger partial charge in [-0.05, 0) is 37.8 Å². The standard InChI is InChI=1S/C19H22F2N2O4/c1-25-10-8-13-5-2-3-9-23(13)19(24)17-11-14(27-22-17)12-26-18-15(20)6-4-7-16(18)21/h4,6-7,11,13H,2-3,5,8-10,12H2,1H3/t13-/m1/s1. The van der Waals surface area contributed by atoms with Crippen molar-refractivity contribution < 1.29 is 27.6 Å². The quantitative estimate of drug-likeness (QED) is 0.735. The van der Waals surface area contributed by atoms with Gasteiger partial charge < -0.3 is 18.9 Å². The molecule has 1 aromatic carbocycles. The lowest BCUT2D eigenvalue weighted by Crippen LogP contribution is -2.44. The summed E-state index contributed by atoms with van der Waals surface area (Å²) >= 11 is 0. The van der Waals surface area contributed by atoms with Crippen molar-refractivity contribution in [3.8, 4) is 5.75 Å². The zero-order valence-electron chi connectivity index (χ0n) is 15.1. The molecule has 0 unspecified atom stereocenters. The number of ether oxygens (including phenoxy) is 2. The van der Waals surface area contributed by atoms with Gasteiger partial charge in [0.15, 0.2) is 28.8 Å². The molecule has 2 aromatic rings. The van der Waals surface area contributed by atoms with Crippen LogP contribution in [0.25, 0.3) is 0 Å². The zero-order chi connectivity index (χ0) is 19.2. The van der Waals surface area contributed by atoms with E-state index in [2.05, 4.69) is 5.16 Å². The number of methoxy groups -OCH3 is 1. The van der Waals surface area contributed by atoms with Gasteiger partial charge in [-0.1, -0.05) is 11.2 Å². The van der Waals surface area contributed by atoms with Crippen LogP contribution in [0.2, 0.25) is 0 Å². The Hall–Kier alpha value is -2.48. The highest BCUT2D eigenvalue weighted by molar-refractivity contribution is 5.92.